The number of carbonyl (C=O) groups excluding carboxylic acids is 3. The average molecular weight is 538 g/mol. The summed E-state index contributed by atoms with van der Waals surface area (Å²) in [5.74, 6) is -2.56. The molecular formula is C26H23N3O8S. The number of hydrogen-bond donors (Lipinski definition) is 1. The number of esters is 1. The summed E-state index contributed by atoms with van der Waals surface area (Å²) in [5, 5.41) is 22.9. The van der Waals surface area contributed by atoms with Gasteiger partial charge in [0.15, 0.2) is 5.13 Å². The molecule has 2 heterocycles. The number of ether oxygens (including phenoxy) is 2. The van der Waals surface area contributed by atoms with E-state index in [2.05, 4.69) is 4.98 Å². The third-order valence-electron chi connectivity index (χ3n) is 5.98. The normalized spacial score (nSPS) is 16.5. The molecule has 1 atom stereocenters. The van der Waals surface area contributed by atoms with Gasteiger partial charge in [0.05, 0.1) is 35.9 Å². The highest BCUT2D eigenvalue weighted by Gasteiger charge is 2.49. The lowest BCUT2D eigenvalue weighted by atomic mass is 9.93. The van der Waals surface area contributed by atoms with Gasteiger partial charge in [-0.2, -0.15) is 0 Å². The van der Waals surface area contributed by atoms with Gasteiger partial charge < -0.3 is 14.6 Å². The maximum atomic E-state index is 13.4. The molecule has 1 saturated heterocycles. The van der Waals surface area contributed by atoms with E-state index < -0.39 is 34.4 Å². The number of hydrogen-bond acceptors (Lipinski definition) is 10. The number of rotatable bonds is 7. The van der Waals surface area contributed by atoms with Crippen molar-refractivity contribution in [3.05, 3.63) is 85.4 Å². The number of Topliss-reactive ketones (excluding diaryl/α,β-unsaturated/α-hetero) is 1. The molecular weight excluding hydrogens is 514 g/mol. The minimum absolute atomic E-state index is 0.00895. The van der Waals surface area contributed by atoms with Crippen LogP contribution in [0.5, 0.6) is 5.75 Å². The number of thiazole rings is 1. The van der Waals surface area contributed by atoms with Gasteiger partial charge in [0.25, 0.3) is 11.5 Å². The Labute approximate surface area is 221 Å². The number of aromatic nitrogens is 1. The Morgan fingerprint density at radius 2 is 1.95 bits per heavy atom. The number of nitro groups is 1. The third kappa shape index (κ3) is 4.61. The molecule has 1 unspecified atom stereocenters. The van der Waals surface area contributed by atoms with Crippen molar-refractivity contribution in [2.45, 2.75) is 26.8 Å². The van der Waals surface area contributed by atoms with Crippen LogP contribution in [-0.2, 0) is 14.3 Å². The fourth-order valence-corrected chi connectivity index (χ4v) is 5.19. The van der Waals surface area contributed by atoms with Crippen LogP contribution in [0.4, 0.5) is 10.8 Å². The maximum absolute atomic E-state index is 13.4. The molecule has 3 aromatic rings. The topological polar surface area (TPSA) is 149 Å². The van der Waals surface area contributed by atoms with Crippen molar-refractivity contribution in [1.82, 2.24) is 4.98 Å². The predicted molar refractivity (Wildman–Crippen MR) is 138 cm³/mol. The number of anilines is 1. The first-order valence-corrected chi connectivity index (χ1v) is 12.3. The highest BCUT2D eigenvalue weighted by atomic mass is 32.1. The molecule has 2 aromatic carbocycles. The van der Waals surface area contributed by atoms with Crippen LogP contribution >= 0.6 is 11.3 Å². The van der Waals surface area contributed by atoms with Crippen molar-refractivity contribution >= 4 is 45.6 Å². The van der Waals surface area contributed by atoms with Gasteiger partial charge in [0, 0.05) is 17.7 Å². The van der Waals surface area contributed by atoms with E-state index in [-0.39, 0.29) is 44.7 Å². The summed E-state index contributed by atoms with van der Waals surface area (Å²) >= 11 is 0.850. The number of amides is 1. The largest absolute Gasteiger partial charge is 0.507 e. The molecule has 1 aliphatic heterocycles. The summed E-state index contributed by atoms with van der Waals surface area (Å²) in [6.45, 7) is 5.04. The second-order valence-electron chi connectivity index (χ2n) is 8.33. The lowest BCUT2D eigenvalue weighted by molar-refractivity contribution is -0.384. The Morgan fingerprint density at radius 1 is 1.21 bits per heavy atom. The third-order valence-corrected chi connectivity index (χ3v) is 7.12. The Hall–Kier alpha value is -4.58. The van der Waals surface area contributed by atoms with Crippen LogP contribution in [0.15, 0.2) is 48.0 Å². The van der Waals surface area contributed by atoms with E-state index in [1.165, 1.54) is 31.4 Å². The van der Waals surface area contributed by atoms with Crippen molar-refractivity contribution in [2.24, 2.45) is 0 Å². The van der Waals surface area contributed by atoms with Gasteiger partial charge in [-0.05, 0) is 50.1 Å². The Balaban J connectivity index is 1.96. The fourth-order valence-electron chi connectivity index (χ4n) is 4.20. The fraction of sp³-hybridized carbons (Fsp3) is 0.231. The molecule has 1 aliphatic rings. The average Bonchev–Trinajstić information content (AvgIpc) is 3.40. The number of aliphatic hydroxyl groups is 1. The molecule has 11 nitrogen and oxygen atoms in total. The summed E-state index contributed by atoms with van der Waals surface area (Å²) in [4.78, 5) is 55.6. The van der Waals surface area contributed by atoms with E-state index >= 15 is 0 Å². The van der Waals surface area contributed by atoms with Crippen LogP contribution in [0.1, 0.15) is 45.0 Å². The monoisotopic (exact) mass is 537 g/mol. The highest BCUT2D eigenvalue weighted by Crippen LogP contribution is 2.44. The zero-order chi connectivity index (χ0) is 27.7. The molecule has 0 radical (unpaired) electrons. The lowest BCUT2D eigenvalue weighted by Gasteiger charge is -2.23. The molecule has 0 bridgehead atoms. The van der Waals surface area contributed by atoms with Crippen molar-refractivity contribution in [3.8, 4) is 5.75 Å². The van der Waals surface area contributed by atoms with Crippen molar-refractivity contribution in [1.29, 1.82) is 0 Å². The van der Waals surface area contributed by atoms with E-state index in [9.17, 15) is 29.6 Å². The molecule has 4 rings (SSSR count). The molecule has 12 heteroatoms. The molecule has 0 saturated carbocycles. The van der Waals surface area contributed by atoms with Gasteiger partial charge in [-0.3, -0.25) is 24.6 Å². The number of carbonyl (C=O) groups is 3. The van der Waals surface area contributed by atoms with Gasteiger partial charge >= 0.3 is 11.9 Å². The van der Waals surface area contributed by atoms with Crippen LogP contribution in [0.3, 0.4) is 0 Å². The molecule has 196 valence electrons. The Morgan fingerprint density at radius 3 is 2.58 bits per heavy atom. The van der Waals surface area contributed by atoms with E-state index in [1.54, 1.807) is 39.0 Å². The molecule has 1 amide bonds. The number of aryl methyl sites for hydroxylation is 2. The van der Waals surface area contributed by atoms with Crippen LogP contribution in [0.25, 0.3) is 5.76 Å². The van der Waals surface area contributed by atoms with Gasteiger partial charge in [0.2, 0.25) is 0 Å². The number of non-ortho nitro benzene ring substituents is 1. The minimum Gasteiger partial charge on any atom is -0.507 e. The lowest BCUT2D eigenvalue weighted by Crippen LogP contribution is -2.29. The summed E-state index contributed by atoms with van der Waals surface area (Å²) in [6.07, 6.45) is 0. The van der Waals surface area contributed by atoms with Crippen molar-refractivity contribution in [2.75, 3.05) is 18.6 Å². The first-order valence-electron chi connectivity index (χ1n) is 11.4. The van der Waals surface area contributed by atoms with E-state index in [1.807, 2.05) is 0 Å². The number of methoxy groups -OCH3 is 1. The van der Waals surface area contributed by atoms with Gasteiger partial charge in [0.1, 0.15) is 16.4 Å². The molecule has 1 aromatic heterocycles. The smallest absolute Gasteiger partial charge is 0.350 e. The van der Waals surface area contributed by atoms with Crippen LogP contribution in [-0.4, -0.2) is 46.4 Å². The molecule has 38 heavy (non-hydrogen) atoms. The van der Waals surface area contributed by atoms with Gasteiger partial charge in [-0.15, -0.1) is 0 Å². The SMILES string of the molecule is CCOC(=O)c1sc(N2C(=O)C(=O)C(=C(O)c3ccc(OC)cc3C)C2c2cccc([N+](=O)[O-])c2)nc1C. The first-order chi connectivity index (χ1) is 18.1. The second kappa shape index (κ2) is 10.4. The van der Waals surface area contributed by atoms with Crippen LogP contribution in [0, 0.1) is 24.0 Å². The quantitative estimate of drug-likeness (QED) is 0.115. The summed E-state index contributed by atoms with van der Waals surface area (Å²) in [7, 11) is 1.49. The first kappa shape index (κ1) is 26.5. The Bertz CT molecular complexity index is 1510. The summed E-state index contributed by atoms with van der Waals surface area (Å²) in [6, 6.07) is 8.98. The number of aliphatic hydroxyl groups excluding tert-OH is 1. The number of nitro benzene ring substituents is 1. The highest BCUT2D eigenvalue weighted by molar-refractivity contribution is 7.17. The van der Waals surface area contributed by atoms with E-state index in [0.29, 0.717) is 11.3 Å². The van der Waals surface area contributed by atoms with E-state index in [4.69, 9.17) is 9.47 Å². The minimum atomic E-state index is -1.25. The zero-order valence-electron chi connectivity index (χ0n) is 20.9. The van der Waals surface area contributed by atoms with Crippen LogP contribution in [0.2, 0.25) is 0 Å². The summed E-state index contributed by atoms with van der Waals surface area (Å²) < 4.78 is 10.3. The molecule has 0 spiro atoms. The Kier molecular flexibility index (Phi) is 7.26. The standard InChI is InChI=1S/C26H23N3O8S/c1-5-37-25(33)23-14(3)27-26(38-23)28-20(15-7-6-8-16(12-15)29(34)35)19(22(31)24(28)32)21(30)18-10-9-17(36-4)11-13(18)2/h6-12,20,30H,5H2,1-4H3. The predicted octanol–water partition coefficient (Wildman–Crippen LogP) is 4.48. The van der Waals surface area contributed by atoms with Crippen LogP contribution < -0.4 is 9.64 Å². The molecule has 1 fully saturated rings. The summed E-state index contributed by atoms with van der Waals surface area (Å²) in [5.41, 5.74) is 0.804. The number of nitrogens with zero attached hydrogens (tertiary/aromatic N) is 3. The maximum Gasteiger partial charge on any atom is 0.350 e. The number of benzene rings is 2. The van der Waals surface area contributed by atoms with E-state index in [0.717, 1.165) is 16.2 Å². The molecule has 1 N–H and O–H groups in total. The number of ketones is 1. The van der Waals surface area contributed by atoms with Gasteiger partial charge in [-0.1, -0.05) is 23.5 Å². The van der Waals surface area contributed by atoms with Crippen molar-refractivity contribution in [3.63, 3.8) is 0 Å². The van der Waals surface area contributed by atoms with Gasteiger partial charge in [-0.25, -0.2) is 9.78 Å². The second-order valence-corrected chi connectivity index (χ2v) is 9.31. The molecule has 0 aliphatic carbocycles. The zero-order valence-corrected chi connectivity index (χ0v) is 21.7. The van der Waals surface area contributed by atoms with Crippen molar-refractivity contribution < 1.29 is 33.9 Å².